The van der Waals surface area contributed by atoms with E-state index >= 15 is 0 Å². The van der Waals surface area contributed by atoms with Gasteiger partial charge in [0.2, 0.25) is 0 Å². The van der Waals surface area contributed by atoms with Gasteiger partial charge in [0.15, 0.2) is 0 Å². The lowest BCUT2D eigenvalue weighted by Gasteiger charge is -2.28. The van der Waals surface area contributed by atoms with Gasteiger partial charge in [0.1, 0.15) is 0 Å². The van der Waals surface area contributed by atoms with Gasteiger partial charge in [-0.2, -0.15) is 0 Å². The van der Waals surface area contributed by atoms with E-state index in [4.69, 9.17) is 10.5 Å². The fourth-order valence-corrected chi connectivity index (χ4v) is 3.88. The fraction of sp³-hybridized carbons (Fsp3) is 0.381. The second-order valence-corrected chi connectivity index (χ2v) is 6.98. The minimum absolute atomic E-state index is 0.0756. The van der Waals surface area contributed by atoms with Gasteiger partial charge in [-0.15, -0.1) is 0 Å². The lowest BCUT2D eigenvalue weighted by Crippen LogP contribution is -2.45. The Bertz CT molecular complexity index is 696. The van der Waals surface area contributed by atoms with E-state index in [-0.39, 0.29) is 11.9 Å². The maximum absolute atomic E-state index is 12.8. The molecular weight excluding hydrogens is 298 g/mol. The quantitative estimate of drug-likeness (QED) is 0.828. The van der Waals surface area contributed by atoms with E-state index in [0.29, 0.717) is 6.61 Å². The summed E-state index contributed by atoms with van der Waals surface area (Å²) in [5.41, 5.74) is 7.83. The number of hydrogen-bond acceptors (Lipinski definition) is 3. The second-order valence-electron chi connectivity index (χ2n) is 6.98. The molecule has 0 spiro atoms. The van der Waals surface area contributed by atoms with Crippen LogP contribution in [0.25, 0.3) is 0 Å². The lowest BCUT2D eigenvalue weighted by molar-refractivity contribution is -0.147. The second kappa shape index (κ2) is 6.40. The maximum atomic E-state index is 12.8. The molecule has 2 aromatic carbocycles. The molecule has 2 aromatic rings. The highest BCUT2D eigenvalue weighted by molar-refractivity contribution is 5.88. The Balaban J connectivity index is 1.89. The van der Waals surface area contributed by atoms with Crippen molar-refractivity contribution in [3.63, 3.8) is 0 Å². The zero-order valence-corrected chi connectivity index (χ0v) is 14.4. The molecule has 3 heteroatoms. The summed E-state index contributed by atoms with van der Waals surface area (Å²) in [5.74, 6) is -0.0717. The highest BCUT2D eigenvalue weighted by Crippen LogP contribution is 2.59. The number of nitrogens with two attached hydrogens (primary N) is 1. The van der Waals surface area contributed by atoms with Crippen LogP contribution in [-0.2, 0) is 21.4 Å². The summed E-state index contributed by atoms with van der Waals surface area (Å²) in [6.07, 6.45) is 1.49. The standard InChI is InChI=1S/C21H25NO2/c1-3-24-19(23)21(17-12-8-5-9-13-17)15-18(21)20(2,22)14-16-10-6-4-7-11-16/h4-13,18H,3,14-15,22H2,1-2H3. The number of ether oxygens (including phenoxy) is 1. The van der Waals surface area contributed by atoms with Crippen molar-refractivity contribution in [2.24, 2.45) is 11.7 Å². The summed E-state index contributed by atoms with van der Waals surface area (Å²) in [6, 6.07) is 20.1. The molecule has 24 heavy (non-hydrogen) atoms. The van der Waals surface area contributed by atoms with E-state index in [1.54, 1.807) is 0 Å². The molecule has 0 aliphatic heterocycles. The molecule has 126 valence electrons. The van der Waals surface area contributed by atoms with E-state index in [0.717, 1.165) is 18.4 Å². The highest BCUT2D eigenvalue weighted by atomic mass is 16.5. The van der Waals surface area contributed by atoms with Crippen molar-refractivity contribution >= 4 is 5.97 Å². The van der Waals surface area contributed by atoms with Crippen molar-refractivity contribution in [2.45, 2.75) is 37.6 Å². The van der Waals surface area contributed by atoms with Gasteiger partial charge in [-0.1, -0.05) is 60.7 Å². The number of esters is 1. The van der Waals surface area contributed by atoms with Crippen molar-refractivity contribution in [3.05, 3.63) is 71.8 Å². The summed E-state index contributed by atoms with van der Waals surface area (Å²) >= 11 is 0. The van der Waals surface area contributed by atoms with Gasteiger partial charge < -0.3 is 10.5 Å². The van der Waals surface area contributed by atoms with Gasteiger partial charge in [-0.3, -0.25) is 4.79 Å². The van der Waals surface area contributed by atoms with Gasteiger partial charge in [0, 0.05) is 5.54 Å². The average molecular weight is 323 g/mol. The zero-order chi connectivity index (χ0) is 17.2. The summed E-state index contributed by atoms with van der Waals surface area (Å²) in [7, 11) is 0. The highest BCUT2D eigenvalue weighted by Gasteiger charge is 2.67. The van der Waals surface area contributed by atoms with Crippen molar-refractivity contribution in [1.82, 2.24) is 0 Å². The minimum atomic E-state index is -0.602. The number of benzene rings is 2. The first-order valence-electron chi connectivity index (χ1n) is 8.56. The van der Waals surface area contributed by atoms with E-state index in [1.807, 2.05) is 55.5 Å². The molecule has 3 rings (SSSR count). The van der Waals surface area contributed by atoms with Crippen molar-refractivity contribution in [2.75, 3.05) is 6.61 Å². The first-order valence-corrected chi connectivity index (χ1v) is 8.56. The van der Waals surface area contributed by atoms with Crippen LogP contribution in [-0.4, -0.2) is 18.1 Å². The monoisotopic (exact) mass is 323 g/mol. The van der Waals surface area contributed by atoms with E-state index in [2.05, 4.69) is 19.1 Å². The van der Waals surface area contributed by atoms with Gasteiger partial charge in [0.25, 0.3) is 0 Å². The van der Waals surface area contributed by atoms with Crippen LogP contribution >= 0.6 is 0 Å². The molecule has 0 amide bonds. The Hall–Kier alpha value is -2.13. The Labute approximate surface area is 143 Å². The summed E-state index contributed by atoms with van der Waals surface area (Å²) in [4.78, 5) is 12.8. The number of carbonyl (C=O) groups excluding carboxylic acids is 1. The van der Waals surface area contributed by atoms with Crippen molar-refractivity contribution in [3.8, 4) is 0 Å². The number of carbonyl (C=O) groups is 1. The van der Waals surface area contributed by atoms with Crippen LogP contribution in [0, 0.1) is 5.92 Å². The van der Waals surface area contributed by atoms with Crippen LogP contribution in [0.4, 0.5) is 0 Å². The first-order chi connectivity index (χ1) is 11.5. The summed E-state index contributed by atoms with van der Waals surface area (Å²) in [6.45, 7) is 4.29. The number of rotatable bonds is 6. The van der Waals surface area contributed by atoms with Crippen molar-refractivity contribution in [1.29, 1.82) is 0 Å². The Morgan fingerprint density at radius 2 is 1.75 bits per heavy atom. The van der Waals surface area contributed by atoms with Crippen LogP contribution in [0.2, 0.25) is 0 Å². The van der Waals surface area contributed by atoms with E-state index < -0.39 is 11.0 Å². The van der Waals surface area contributed by atoms with Crippen LogP contribution in [0.3, 0.4) is 0 Å². The lowest BCUT2D eigenvalue weighted by atomic mass is 9.81. The Morgan fingerprint density at radius 1 is 1.17 bits per heavy atom. The molecule has 1 fully saturated rings. The molecule has 1 aliphatic rings. The van der Waals surface area contributed by atoms with Crippen molar-refractivity contribution < 1.29 is 9.53 Å². The van der Waals surface area contributed by atoms with Crippen LogP contribution in [0.1, 0.15) is 31.4 Å². The molecule has 2 N–H and O–H groups in total. The smallest absolute Gasteiger partial charge is 0.316 e. The predicted molar refractivity (Wildman–Crippen MR) is 95.6 cm³/mol. The van der Waals surface area contributed by atoms with Gasteiger partial charge >= 0.3 is 5.97 Å². The Morgan fingerprint density at radius 3 is 2.33 bits per heavy atom. The molecule has 1 saturated carbocycles. The zero-order valence-electron chi connectivity index (χ0n) is 14.4. The molecule has 3 atom stereocenters. The van der Waals surface area contributed by atoms with Crippen LogP contribution in [0.15, 0.2) is 60.7 Å². The molecule has 0 bridgehead atoms. The molecule has 0 heterocycles. The first kappa shape index (κ1) is 16.7. The molecule has 0 radical (unpaired) electrons. The third-order valence-electron chi connectivity index (χ3n) is 5.11. The number of hydrogen-bond donors (Lipinski definition) is 1. The average Bonchev–Trinajstić information content (AvgIpc) is 3.35. The molecular formula is C21H25NO2. The molecule has 1 aliphatic carbocycles. The molecule has 3 nitrogen and oxygen atoms in total. The largest absolute Gasteiger partial charge is 0.465 e. The van der Waals surface area contributed by atoms with Crippen LogP contribution < -0.4 is 5.73 Å². The predicted octanol–water partition coefficient (Wildman–Crippen LogP) is 3.47. The topological polar surface area (TPSA) is 52.3 Å². The minimum Gasteiger partial charge on any atom is -0.465 e. The summed E-state index contributed by atoms with van der Waals surface area (Å²) < 4.78 is 5.40. The maximum Gasteiger partial charge on any atom is 0.316 e. The third kappa shape index (κ3) is 2.96. The third-order valence-corrected chi connectivity index (χ3v) is 5.11. The molecule has 3 unspecified atom stereocenters. The SMILES string of the molecule is CCOC(=O)C1(c2ccccc2)CC1C(C)(N)Cc1ccccc1. The Kier molecular flexibility index (Phi) is 4.46. The normalized spacial score (nSPS) is 24.9. The summed E-state index contributed by atoms with van der Waals surface area (Å²) in [5, 5.41) is 0. The van der Waals surface area contributed by atoms with Gasteiger partial charge in [-0.25, -0.2) is 0 Å². The van der Waals surface area contributed by atoms with Crippen LogP contribution in [0.5, 0.6) is 0 Å². The van der Waals surface area contributed by atoms with Gasteiger partial charge in [-0.05, 0) is 43.7 Å². The van der Waals surface area contributed by atoms with E-state index in [1.165, 1.54) is 5.56 Å². The molecule has 0 aromatic heterocycles. The molecule has 0 saturated heterocycles. The van der Waals surface area contributed by atoms with E-state index in [9.17, 15) is 4.79 Å². The fourth-order valence-electron chi connectivity index (χ4n) is 3.88. The van der Waals surface area contributed by atoms with Gasteiger partial charge in [0.05, 0.1) is 12.0 Å².